The molecule has 0 spiro atoms. The minimum absolute atomic E-state index is 0.0289. The standard InChI is InChI=1S/C18H19N3O3.C8H10.C4H9NO/c1-4-5-15(22)13-11-18-19-9-8-14(21(18)20-13)12-6-7-16(23-2)17(10-12)24-3;1-7-3-5-8(2)6-4-7;1-2-4(6)3-5/h6-11H,4-5H2,1-3H3;3-6H,1-2H3;2-3,5H2,1H3. The van der Waals surface area contributed by atoms with Crippen molar-refractivity contribution in [3.05, 3.63) is 77.6 Å². The SMILES string of the molecule is CCC(=O)CN.CCCC(=O)c1cc2nccc(-c3ccc(OC)c(OC)c3)n2n1.Cc1ccc(C)cc1. The Hall–Kier alpha value is -4.04. The van der Waals surface area contributed by atoms with Crippen LogP contribution in [-0.2, 0) is 4.79 Å². The van der Waals surface area contributed by atoms with E-state index in [1.165, 1.54) is 11.1 Å². The number of methoxy groups -OCH3 is 2. The number of hydrogen-bond acceptors (Lipinski definition) is 7. The predicted octanol–water partition coefficient (Wildman–Crippen LogP) is 5.62. The summed E-state index contributed by atoms with van der Waals surface area (Å²) in [5.74, 6) is 1.44. The minimum Gasteiger partial charge on any atom is -0.493 e. The fourth-order valence-corrected chi connectivity index (χ4v) is 3.38. The lowest BCUT2D eigenvalue weighted by Crippen LogP contribution is -2.11. The van der Waals surface area contributed by atoms with E-state index in [1.807, 2.05) is 31.2 Å². The number of fused-ring (bicyclic) bond motifs is 1. The normalized spacial score (nSPS) is 10.1. The van der Waals surface area contributed by atoms with Crippen LogP contribution in [0.5, 0.6) is 11.5 Å². The Labute approximate surface area is 224 Å². The third-order valence-electron chi connectivity index (χ3n) is 5.64. The summed E-state index contributed by atoms with van der Waals surface area (Å²) in [6.45, 7) is 8.16. The van der Waals surface area contributed by atoms with Crippen LogP contribution < -0.4 is 15.2 Å². The summed E-state index contributed by atoms with van der Waals surface area (Å²) in [6.07, 6.45) is 3.55. The average Bonchev–Trinajstić information content (AvgIpc) is 3.39. The van der Waals surface area contributed by atoms with Crippen LogP contribution in [-0.4, -0.2) is 46.9 Å². The molecule has 0 unspecified atom stereocenters. The summed E-state index contributed by atoms with van der Waals surface area (Å²) in [7, 11) is 3.19. The van der Waals surface area contributed by atoms with Crippen molar-refractivity contribution in [3.8, 4) is 22.8 Å². The Morgan fingerprint density at radius 3 is 2.03 bits per heavy atom. The zero-order valence-electron chi connectivity index (χ0n) is 23.2. The lowest BCUT2D eigenvalue weighted by molar-refractivity contribution is -0.117. The molecule has 0 aliphatic heterocycles. The van der Waals surface area contributed by atoms with Gasteiger partial charge in [-0.2, -0.15) is 5.10 Å². The Bertz CT molecular complexity index is 1300. The fraction of sp³-hybridized carbons (Fsp3) is 0.333. The maximum absolute atomic E-state index is 12.1. The van der Waals surface area contributed by atoms with E-state index in [0.717, 1.165) is 17.7 Å². The highest BCUT2D eigenvalue weighted by Crippen LogP contribution is 2.32. The largest absolute Gasteiger partial charge is 0.493 e. The van der Waals surface area contributed by atoms with Gasteiger partial charge in [-0.25, -0.2) is 9.50 Å². The van der Waals surface area contributed by atoms with E-state index in [-0.39, 0.29) is 18.1 Å². The molecule has 0 fully saturated rings. The number of rotatable bonds is 8. The molecule has 38 heavy (non-hydrogen) atoms. The van der Waals surface area contributed by atoms with Gasteiger partial charge in [-0.15, -0.1) is 0 Å². The molecule has 2 aromatic carbocycles. The van der Waals surface area contributed by atoms with Crippen LogP contribution >= 0.6 is 0 Å². The molecule has 2 aromatic heterocycles. The van der Waals surface area contributed by atoms with Gasteiger partial charge >= 0.3 is 0 Å². The second kappa shape index (κ2) is 15.3. The number of nitrogens with two attached hydrogens (primary N) is 1. The molecule has 0 radical (unpaired) electrons. The van der Waals surface area contributed by atoms with Gasteiger partial charge in [0.1, 0.15) is 11.5 Å². The number of carbonyl (C=O) groups is 2. The van der Waals surface area contributed by atoms with E-state index < -0.39 is 0 Å². The first-order valence-electron chi connectivity index (χ1n) is 12.6. The van der Waals surface area contributed by atoms with Gasteiger partial charge in [-0.05, 0) is 44.5 Å². The zero-order valence-corrected chi connectivity index (χ0v) is 23.2. The number of nitrogens with zero attached hydrogens (tertiary/aromatic N) is 3. The summed E-state index contributed by atoms with van der Waals surface area (Å²) < 4.78 is 12.3. The summed E-state index contributed by atoms with van der Waals surface area (Å²) in [5.41, 5.74) is 10.4. The summed E-state index contributed by atoms with van der Waals surface area (Å²) in [4.78, 5) is 26.5. The summed E-state index contributed by atoms with van der Waals surface area (Å²) >= 11 is 0. The molecule has 0 aliphatic rings. The maximum atomic E-state index is 12.1. The third-order valence-corrected chi connectivity index (χ3v) is 5.64. The van der Waals surface area contributed by atoms with Crippen molar-refractivity contribution < 1.29 is 19.1 Å². The van der Waals surface area contributed by atoms with Crippen LogP contribution in [0.1, 0.15) is 54.7 Å². The smallest absolute Gasteiger partial charge is 0.183 e. The molecular weight excluding hydrogens is 480 g/mol. The molecule has 202 valence electrons. The van der Waals surface area contributed by atoms with Crippen LogP contribution in [0.3, 0.4) is 0 Å². The number of Topliss-reactive ketones (excluding diaryl/α,β-unsaturated/α-hetero) is 2. The van der Waals surface area contributed by atoms with Gasteiger partial charge in [0.2, 0.25) is 0 Å². The Kier molecular flexibility index (Phi) is 12.1. The van der Waals surface area contributed by atoms with E-state index in [9.17, 15) is 9.59 Å². The van der Waals surface area contributed by atoms with Gasteiger partial charge < -0.3 is 15.2 Å². The van der Waals surface area contributed by atoms with Gasteiger partial charge in [0.15, 0.2) is 22.9 Å². The zero-order chi connectivity index (χ0) is 28.1. The molecule has 4 rings (SSSR count). The van der Waals surface area contributed by atoms with Crippen molar-refractivity contribution in [1.82, 2.24) is 14.6 Å². The van der Waals surface area contributed by atoms with E-state index in [1.54, 1.807) is 37.9 Å². The molecule has 0 saturated heterocycles. The van der Waals surface area contributed by atoms with Crippen molar-refractivity contribution in [2.24, 2.45) is 5.73 Å². The van der Waals surface area contributed by atoms with Crippen LogP contribution in [0.25, 0.3) is 16.9 Å². The Morgan fingerprint density at radius 2 is 1.53 bits per heavy atom. The molecule has 8 heteroatoms. The van der Waals surface area contributed by atoms with Gasteiger partial charge in [0, 0.05) is 30.7 Å². The number of carbonyl (C=O) groups excluding carboxylic acids is 2. The monoisotopic (exact) mass is 518 g/mol. The van der Waals surface area contributed by atoms with Crippen LogP contribution in [0, 0.1) is 13.8 Å². The van der Waals surface area contributed by atoms with Crippen LogP contribution in [0.4, 0.5) is 0 Å². The van der Waals surface area contributed by atoms with Crippen molar-refractivity contribution in [2.75, 3.05) is 20.8 Å². The number of aryl methyl sites for hydroxylation is 2. The van der Waals surface area contributed by atoms with Crippen molar-refractivity contribution in [1.29, 1.82) is 0 Å². The molecule has 0 amide bonds. The lowest BCUT2D eigenvalue weighted by atomic mass is 10.1. The highest BCUT2D eigenvalue weighted by atomic mass is 16.5. The van der Waals surface area contributed by atoms with Gasteiger partial charge in [-0.3, -0.25) is 9.59 Å². The second-order valence-electron chi connectivity index (χ2n) is 8.62. The van der Waals surface area contributed by atoms with Crippen molar-refractivity contribution in [2.45, 2.75) is 47.0 Å². The van der Waals surface area contributed by atoms with E-state index in [2.05, 4.69) is 48.2 Å². The van der Waals surface area contributed by atoms with Gasteiger partial charge in [-0.1, -0.05) is 49.2 Å². The minimum atomic E-state index is 0.0289. The van der Waals surface area contributed by atoms with Crippen molar-refractivity contribution in [3.63, 3.8) is 0 Å². The summed E-state index contributed by atoms with van der Waals surface area (Å²) in [5, 5.41) is 4.44. The van der Waals surface area contributed by atoms with Crippen LogP contribution in [0.2, 0.25) is 0 Å². The molecule has 0 bridgehead atoms. The third kappa shape index (κ3) is 8.52. The number of aromatic nitrogens is 3. The number of benzene rings is 2. The maximum Gasteiger partial charge on any atom is 0.183 e. The lowest BCUT2D eigenvalue weighted by Gasteiger charge is -2.10. The molecule has 2 heterocycles. The number of ether oxygens (including phenoxy) is 2. The van der Waals surface area contributed by atoms with E-state index >= 15 is 0 Å². The Morgan fingerprint density at radius 1 is 0.895 bits per heavy atom. The molecule has 0 atom stereocenters. The average molecular weight is 519 g/mol. The highest BCUT2D eigenvalue weighted by molar-refractivity contribution is 5.95. The first-order chi connectivity index (χ1) is 18.3. The first kappa shape index (κ1) is 30.2. The van der Waals surface area contributed by atoms with E-state index in [0.29, 0.717) is 35.7 Å². The van der Waals surface area contributed by atoms with Gasteiger partial charge in [0.05, 0.1) is 26.5 Å². The topological polar surface area (TPSA) is 109 Å². The molecule has 4 aromatic rings. The molecule has 2 N–H and O–H groups in total. The van der Waals surface area contributed by atoms with E-state index in [4.69, 9.17) is 15.2 Å². The summed E-state index contributed by atoms with van der Waals surface area (Å²) in [6, 6.07) is 17.7. The fourth-order valence-electron chi connectivity index (χ4n) is 3.38. The number of hydrogen-bond donors (Lipinski definition) is 1. The van der Waals surface area contributed by atoms with Crippen molar-refractivity contribution >= 4 is 17.2 Å². The highest BCUT2D eigenvalue weighted by Gasteiger charge is 2.14. The quantitative estimate of drug-likeness (QED) is 0.301. The molecule has 8 nitrogen and oxygen atoms in total. The van der Waals surface area contributed by atoms with Crippen LogP contribution in [0.15, 0.2) is 60.8 Å². The second-order valence-corrected chi connectivity index (χ2v) is 8.62. The first-order valence-corrected chi connectivity index (χ1v) is 12.6. The van der Waals surface area contributed by atoms with Gasteiger partial charge in [0.25, 0.3) is 0 Å². The molecular formula is C30H38N4O4. The molecule has 0 saturated carbocycles. The predicted molar refractivity (Wildman–Crippen MR) is 151 cm³/mol. The number of ketones is 2. The Balaban J connectivity index is 0.000000296. The molecule has 0 aliphatic carbocycles.